The fourth-order valence-corrected chi connectivity index (χ4v) is 1.85. The summed E-state index contributed by atoms with van der Waals surface area (Å²) in [6.07, 6.45) is 2.11. The normalized spacial score (nSPS) is 13.6. The van der Waals surface area contributed by atoms with Crippen molar-refractivity contribution in [2.24, 2.45) is 13.0 Å². The smallest absolute Gasteiger partial charge is 0.0641 e. The molecular weight excluding hydrogens is 174 g/mol. The first-order chi connectivity index (χ1) is 6.56. The van der Waals surface area contributed by atoms with Crippen molar-refractivity contribution in [2.45, 2.75) is 33.7 Å². The summed E-state index contributed by atoms with van der Waals surface area (Å²) in [4.78, 5) is 0. The molecule has 1 aromatic rings. The molecule has 1 atom stereocenters. The molecule has 0 saturated carbocycles. The Hall–Kier alpha value is -0.830. The Morgan fingerprint density at radius 2 is 2.14 bits per heavy atom. The fourth-order valence-electron chi connectivity index (χ4n) is 1.85. The topological polar surface area (TPSA) is 29.9 Å². The van der Waals surface area contributed by atoms with Crippen molar-refractivity contribution in [3.05, 3.63) is 17.5 Å². The van der Waals surface area contributed by atoms with Gasteiger partial charge < -0.3 is 5.32 Å². The molecule has 1 heterocycles. The van der Waals surface area contributed by atoms with E-state index in [9.17, 15) is 0 Å². The van der Waals surface area contributed by atoms with Gasteiger partial charge in [-0.05, 0) is 19.4 Å². The Balaban J connectivity index is 2.92. The van der Waals surface area contributed by atoms with Gasteiger partial charge in [0.2, 0.25) is 0 Å². The molecule has 0 aliphatic heterocycles. The summed E-state index contributed by atoms with van der Waals surface area (Å²) in [5.74, 6) is 0.595. The quantitative estimate of drug-likeness (QED) is 0.796. The van der Waals surface area contributed by atoms with E-state index in [2.05, 4.69) is 44.3 Å². The number of nitrogens with one attached hydrogen (secondary N) is 1. The summed E-state index contributed by atoms with van der Waals surface area (Å²) in [6, 6.07) is 0.425. The van der Waals surface area contributed by atoms with Crippen LogP contribution in [0.3, 0.4) is 0 Å². The molecule has 80 valence electrons. The summed E-state index contributed by atoms with van der Waals surface area (Å²) in [5.41, 5.74) is 2.46. The molecule has 0 bridgehead atoms. The number of nitrogens with zero attached hydrogens (tertiary/aromatic N) is 2. The van der Waals surface area contributed by atoms with Crippen LogP contribution in [0, 0.1) is 12.8 Å². The van der Waals surface area contributed by atoms with Crippen LogP contribution in [0.1, 0.15) is 38.1 Å². The van der Waals surface area contributed by atoms with Crippen molar-refractivity contribution < 1.29 is 0 Å². The van der Waals surface area contributed by atoms with Gasteiger partial charge in [0.25, 0.3) is 0 Å². The van der Waals surface area contributed by atoms with Gasteiger partial charge in [0, 0.05) is 24.8 Å². The third-order valence-electron chi connectivity index (χ3n) is 2.48. The SMILES string of the molecule is CCNC(c1cn(C)nc1C)C(C)C. The van der Waals surface area contributed by atoms with Gasteiger partial charge in [0.05, 0.1) is 5.69 Å². The highest BCUT2D eigenvalue weighted by Crippen LogP contribution is 2.23. The van der Waals surface area contributed by atoms with Crippen molar-refractivity contribution in [3.8, 4) is 0 Å². The second-order valence-corrected chi connectivity index (χ2v) is 4.12. The molecule has 0 amide bonds. The summed E-state index contributed by atoms with van der Waals surface area (Å²) in [6.45, 7) is 9.68. The van der Waals surface area contributed by atoms with Crippen molar-refractivity contribution in [1.82, 2.24) is 15.1 Å². The maximum Gasteiger partial charge on any atom is 0.0641 e. The molecule has 0 aliphatic carbocycles. The van der Waals surface area contributed by atoms with E-state index >= 15 is 0 Å². The van der Waals surface area contributed by atoms with E-state index in [0.29, 0.717) is 12.0 Å². The molecule has 0 saturated heterocycles. The van der Waals surface area contributed by atoms with Crippen LogP contribution in [0.4, 0.5) is 0 Å². The molecule has 0 radical (unpaired) electrons. The number of aryl methyl sites for hydroxylation is 2. The minimum absolute atomic E-state index is 0.425. The average Bonchev–Trinajstić information content (AvgIpc) is 2.40. The van der Waals surface area contributed by atoms with Crippen LogP contribution in [0.15, 0.2) is 6.20 Å². The molecule has 14 heavy (non-hydrogen) atoms. The average molecular weight is 195 g/mol. The third kappa shape index (κ3) is 2.35. The maximum atomic E-state index is 4.37. The number of hydrogen-bond acceptors (Lipinski definition) is 2. The number of rotatable bonds is 4. The highest BCUT2D eigenvalue weighted by Gasteiger charge is 2.18. The molecule has 0 aliphatic rings. The van der Waals surface area contributed by atoms with E-state index < -0.39 is 0 Å². The van der Waals surface area contributed by atoms with Gasteiger partial charge in [-0.15, -0.1) is 0 Å². The van der Waals surface area contributed by atoms with Gasteiger partial charge in [-0.25, -0.2) is 0 Å². The molecule has 1 rings (SSSR count). The van der Waals surface area contributed by atoms with Crippen LogP contribution in [0.2, 0.25) is 0 Å². The van der Waals surface area contributed by atoms with Crippen molar-refractivity contribution in [3.63, 3.8) is 0 Å². The minimum Gasteiger partial charge on any atom is -0.310 e. The van der Waals surface area contributed by atoms with Crippen molar-refractivity contribution in [1.29, 1.82) is 0 Å². The molecule has 0 spiro atoms. The van der Waals surface area contributed by atoms with E-state index in [4.69, 9.17) is 0 Å². The Kier molecular flexibility index (Phi) is 3.69. The lowest BCUT2D eigenvalue weighted by Crippen LogP contribution is -2.25. The molecule has 0 aromatic carbocycles. The second kappa shape index (κ2) is 4.60. The minimum atomic E-state index is 0.425. The Morgan fingerprint density at radius 1 is 1.50 bits per heavy atom. The van der Waals surface area contributed by atoms with E-state index in [1.807, 2.05) is 11.7 Å². The van der Waals surface area contributed by atoms with Crippen molar-refractivity contribution >= 4 is 0 Å². The number of aromatic nitrogens is 2. The lowest BCUT2D eigenvalue weighted by Gasteiger charge is -2.21. The molecule has 1 aromatic heterocycles. The maximum absolute atomic E-state index is 4.37. The Morgan fingerprint density at radius 3 is 2.50 bits per heavy atom. The summed E-state index contributed by atoms with van der Waals surface area (Å²) in [5, 5.41) is 7.87. The lowest BCUT2D eigenvalue weighted by molar-refractivity contribution is 0.420. The monoisotopic (exact) mass is 195 g/mol. The van der Waals surface area contributed by atoms with Crippen LogP contribution < -0.4 is 5.32 Å². The molecule has 3 nitrogen and oxygen atoms in total. The second-order valence-electron chi connectivity index (χ2n) is 4.12. The predicted molar refractivity (Wildman–Crippen MR) is 59.2 cm³/mol. The largest absolute Gasteiger partial charge is 0.310 e. The fraction of sp³-hybridized carbons (Fsp3) is 0.727. The van der Waals surface area contributed by atoms with Crippen LogP contribution >= 0.6 is 0 Å². The van der Waals surface area contributed by atoms with E-state index in [0.717, 1.165) is 12.2 Å². The van der Waals surface area contributed by atoms with Gasteiger partial charge in [-0.3, -0.25) is 4.68 Å². The highest BCUT2D eigenvalue weighted by atomic mass is 15.3. The summed E-state index contributed by atoms with van der Waals surface area (Å²) < 4.78 is 1.89. The predicted octanol–water partition coefficient (Wildman–Crippen LogP) is 2.04. The zero-order chi connectivity index (χ0) is 10.7. The standard InChI is InChI=1S/C11H21N3/c1-6-12-11(8(2)3)10-7-14(5)13-9(10)4/h7-8,11-12H,6H2,1-5H3. The first-order valence-corrected chi connectivity index (χ1v) is 5.29. The van der Waals surface area contributed by atoms with Gasteiger partial charge in [-0.1, -0.05) is 20.8 Å². The van der Waals surface area contributed by atoms with Crippen molar-refractivity contribution in [2.75, 3.05) is 6.54 Å². The van der Waals surface area contributed by atoms with Gasteiger partial charge in [0.1, 0.15) is 0 Å². The molecule has 0 fully saturated rings. The lowest BCUT2D eigenvalue weighted by atomic mass is 9.97. The third-order valence-corrected chi connectivity index (χ3v) is 2.48. The van der Waals surface area contributed by atoms with E-state index in [1.165, 1.54) is 5.56 Å². The van der Waals surface area contributed by atoms with Crippen LogP contribution in [0.5, 0.6) is 0 Å². The molecule has 1 N–H and O–H groups in total. The summed E-state index contributed by atoms with van der Waals surface area (Å²) >= 11 is 0. The molecular formula is C11H21N3. The van der Waals surface area contributed by atoms with Crippen LogP contribution in [0.25, 0.3) is 0 Å². The Bertz CT molecular complexity index is 289. The molecule has 1 unspecified atom stereocenters. The first-order valence-electron chi connectivity index (χ1n) is 5.29. The van der Waals surface area contributed by atoms with Gasteiger partial charge in [-0.2, -0.15) is 5.10 Å². The zero-order valence-corrected chi connectivity index (χ0v) is 9.83. The van der Waals surface area contributed by atoms with E-state index in [1.54, 1.807) is 0 Å². The van der Waals surface area contributed by atoms with Gasteiger partial charge >= 0.3 is 0 Å². The zero-order valence-electron chi connectivity index (χ0n) is 9.83. The highest BCUT2D eigenvalue weighted by molar-refractivity contribution is 5.20. The summed E-state index contributed by atoms with van der Waals surface area (Å²) in [7, 11) is 1.97. The van der Waals surface area contributed by atoms with Crippen LogP contribution in [-0.2, 0) is 7.05 Å². The molecule has 3 heteroatoms. The number of hydrogen-bond donors (Lipinski definition) is 1. The first kappa shape index (κ1) is 11.2. The van der Waals surface area contributed by atoms with Gasteiger partial charge in [0.15, 0.2) is 0 Å². The van der Waals surface area contributed by atoms with Crippen LogP contribution in [-0.4, -0.2) is 16.3 Å². The Labute approximate surface area is 86.5 Å². The van der Waals surface area contributed by atoms with E-state index in [-0.39, 0.29) is 0 Å².